The number of hydrogen-bond donors (Lipinski definition) is 4. The van der Waals surface area contributed by atoms with Crippen molar-refractivity contribution in [3.63, 3.8) is 0 Å². The zero-order chi connectivity index (χ0) is 24.3. The normalized spacial score (nSPS) is 20.6. The van der Waals surface area contributed by atoms with Crippen LogP contribution in [0.15, 0.2) is 48.5 Å². The Morgan fingerprint density at radius 1 is 1.09 bits per heavy atom. The maximum absolute atomic E-state index is 12.6. The standard InChI is InChI=1S/C25H28N2O7/c1-25(32,12-21(28)29)14-26-23(30)22-20(10-11-33-22)27-24(31)34-13-19-17-8-4-2-6-15(17)16-7-3-5-9-18(16)19/h2-9,19-20,22,32H,10-14H2,1H3,(H,26,30)(H,27,31)(H,28,29). The number of carbonyl (C=O) groups excluding carboxylic acids is 2. The summed E-state index contributed by atoms with van der Waals surface area (Å²) >= 11 is 0. The van der Waals surface area contributed by atoms with Crippen LogP contribution < -0.4 is 10.6 Å². The molecule has 0 spiro atoms. The summed E-state index contributed by atoms with van der Waals surface area (Å²) in [7, 11) is 0. The number of carboxylic acids is 1. The Kier molecular flexibility index (Phi) is 6.85. The summed E-state index contributed by atoms with van der Waals surface area (Å²) in [4.78, 5) is 35.9. The first-order chi connectivity index (χ1) is 16.2. The predicted octanol–water partition coefficient (Wildman–Crippen LogP) is 2.02. The van der Waals surface area contributed by atoms with Crippen molar-refractivity contribution >= 4 is 18.0 Å². The van der Waals surface area contributed by atoms with Gasteiger partial charge < -0.3 is 30.3 Å². The number of fused-ring (bicyclic) bond motifs is 3. The molecule has 180 valence electrons. The number of aliphatic hydroxyl groups is 1. The lowest BCUT2D eigenvalue weighted by Gasteiger charge is -2.24. The zero-order valence-corrected chi connectivity index (χ0v) is 18.8. The second kappa shape index (κ2) is 9.82. The van der Waals surface area contributed by atoms with Crippen LogP contribution in [-0.4, -0.2) is 65.7 Å². The molecule has 2 aromatic carbocycles. The summed E-state index contributed by atoms with van der Waals surface area (Å²) in [6.45, 7) is 1.50. The number of carboxylic acid groups (broad SMARTS) is 1. The topological polar surface area (TPSA) is 134 Å². The van der Waals surface area contributed by atoms with Gasteiger partial charge in [-0.25, -0.2) is 4.79 Å². The van der Waals surface area contributed by atoms with Gasteiger partial charge in [0, 0.05) is 19.1 Å². The molecule has 0 bridgehead atoms. The van der Waals surface area contributed by atoms with Crippen molar-refractivity contribution in [1.82, 2.24) is 10.6 Å². The van der Waals surface area contributed by atoms with E-state index in [2.05, 4.69) is 22.8 Å². The van der Waals surface area contributed by atoms with Crippen molar-refractivity contribution in [2.24, 2.45) is 0 Å². The van der Waals surface area contributed by atoms with Crippen LogP contribution in [-0.2, 0) is 19.1 Å². The lowest BCUT2D eigenvalue weighted by atomic mass is 9.98. The molecule has 3 unspecified atom stereocenters. The van der Waals surface area contributed by atoms with Crippen molar-refractivity contribution in [3.05, 3.63) is 59.7 Å². The van der Waals surface area contributed by atoms with Crippen molar-refractivity contribution < 1.29 is 34.1 Å². The Hall–Kier alpha value is -3.43. The van der Waals surface area contributed by atoms with Crippen LogP contribution in [0.3, 0.4) is 0 Å². The molecule has 2 amide bonds. The molecule has 34 heavy (non-hydrogen) atoms. The van der Waals surface area contributed by atoms with Gasteiger partial charge in [-0.3, -0.25) is 9.59 Å². The average molecular weight is 469 g/mol. The van der Waals surface area contributed by atoms with Gasteiger partial charge in [0.15, 0.2) is 6.10 Å². The molecule has 2 aromatic rings. The molecule has 1 aliphatic heterocycles. The highest BCUT2D eigenvalue weighted by Gasteiger charge is 2.37. The predicted molar refractivity (Wildman–Crippen MR) is 122 cm³/mol. The third kappa shape index (κ3) is 5.21. The number of amides is 2. The van der Waals surface area contributed by atoms with Gasteiger partial charge in [0.1, 0.15) is 6.61 Å². The van der Waals surface area contributed by atoms with Crippen LogP contribution in [0.2, 0.25) is 0 Å². The van der Waals surface area contributed by atoms with E-state index < -0.39 is 42.1 Å². The molecular weight excluding hydrogens is 440 g/mol. The van der Waals surface area contributed by atoms with E-state index in [9.17, 15) is 19.5 Å². The Bertz CT molecular complexity index is 1040. The van der Waals surface area contributed by atoms with E-state index in [-0.39, 0.29) is 25.7 Å². The van der Waals surface area contributed by atoms with Crippen LogP contribution in [0.4, 0.5) is 4.79 Å². The number of nitrogens with one attached hydrogen (secondary N) is 2. The molecule has 0 saturated carbocycles. The van der Waals surface area contributed by atoms with Gasteiger partial charge in [-0.05, 0) is 35.6 Å². The number of carbonyl (C=O) groups is 3. The summed E-state index contributed by atoms with van der Waals surface area (Å²) in [6.07, 6.45) is -1.69. The van der Waals surface area contributed by atoms with Crippen LogP contribution >= 0.6 is 0 Å². The van der Waals surface area contributed by atoms with E-state index in [1.807, 2.05) is 36.4 Å². The second-order valence-corrected chi connectivity index (χ2v) is 8.94. The Balaban J connectivity index is 1.32. The lowest BCUT2D eigenvalue weighted by Crippen LogP contribution is -2.51. The molecule has 1 aliphatic carbocycles. The highest BCUT2D eigenvalue weighted by Crippen LogP contribution is 2.44. The molecule has 4 rings (SSSR count). The Morgan fingerprint density at radius 2 is 1.71 bits per heavy atom. The lowest BCUT2D eigenvalue weighted by molar-refractivity contribution is -0.143. The first-order valence-corrected chi connectivity index (χ1v) is 11.2. The molecule has 0 aromatic heterocycles. The van der Waals surface area contributed by atoms with Crippen LogP contribution in [0.1, 0.15) is 36.8 Å². The van der Waals surface area contributed by atoms with Crippen molar-refractivity contribution in [2.45, 2.75) is 43.4 Å². The van der Waals surface area contributed by atoms with E-state index in [4.69, 9.17) is 14.6 Å². The minimum absolute atomic E-state index is 0.0754. The molecule has 0 radical (unpaired) electrons. The van der Waals surface area contributed by atoms with Gasteiger partial charge in [-0.2, -0.15) is 0 Å². The average Bonchev–Trinajstić information content (AvgIpc) is 3.38. The highest BCUT2D eigenvalue weighted by molar-refractivity contribution is 5.83. The maximum Gasteiger partial charge on any atom is 0.407 e. The first-order valence-electron chi connectivity index (χ1n) is 11.2. The second-order valence-electron chi connectivity index (χ2n) is 8.94. The fraction of sp³-hybridized carbons (Fsp3) is 0.400. The van der Waals surface area contributed by atoms with E-state index >= 15 is 0 Å². The largest absolute Gasteiger partial charge is 0.481 e. The quantitative estimate of drug-likeness (QED) is 0.466. The number of alkyl carbamates (subject to hydrolysis) is 1. The summed E-state index contributed by atoms with van der Waals surface area (Å²) in [5.74, 6) is -1.79. The number of rotatable bonds is 8. The molecule has 9 heteroatoms. The molecule has 1 heterocycles. The van der Waals surface area contributed by atoms with Gasteiger partial charge in [0.05, 0.1) is 18.1 Å². The van der Waals surface area contributed by atoms with Crippen LogP contribution in [0.25, 0.3) is 11.1 Å². The third-order valence-electron chi connectivity index (χ3n) is 6.17. The Morgan fingerprint density at radius 3 is 2.32 bits per heavy atom. The Labute approximate surface area is 197 Å². The summed E-state index contributed by atoms with van der Waals surface area (Å²) in [5.41, 5.74) is 2.87. The van der Waals surface area contributed by atoms with Crippen LogP contribution in [0.5, 0.6) is 0 Å². The minimum Gasteiger partial charge on any atom is -0.481 e. The summed E-state index contributed by atoms with van der Waals surface area (Å²) < 4.78 is 11.0. The zero-order valence-electron chi connectivity index (χ0n) is 18.8. The number of ether oxygens (including phenoxy) is 2. The SMILES string of the molecule is CC(O)(CNC(=O)C1OCCC1NC(=O)OCC1c2ccccc2-c2ccccc21)CC(=O)O. The number of benzene rings is 2. The minimum atomic E-state index is -1.60. The van der Waals surface area contributed by atoms with Gasteiger partial charge in [-0.1, -0.05) is 48.5 Å². The third-order valence-corrected chi connectivity index (χ3v) is 6.17. The van der Waals surface area contributed by atoms with Crippen LogP contribution in [0, 0.1) is 0 Å². The molecule has 3 atom stereocenters. The fourth-order valence-electron chi connectivity index (χ4n) is 4.55. The van der Waals surface area contributed by atoms with Crippen molar-refractivity contribution in [1.29, 1.82) is 0 Å². The molecule has 9 nitrogen and oxygen atoms in total. The monoisotopic (exact) mass is 468 g/mol. The van der Waals surface area contributed by atoms with Gasteiger partial charge in [0.2, 0.25) is 0 Å². The first kappa shape index (κ1) is 23.7. The van der Waals surface area contributed by atoms with E-state index in [0.29, 0.717) is 6.42 Å². The van der Waals surface area contributed by atoms with E-state index in [1.165, 1.54) is 6.92 Å². The van der Waals surface area contributed by atoms with Crippen molar-refractivity contribution in [3.8, 4) is 11.1 Å². The molecule has 1 saturated heterocycles. The smallest absolute Gasteiger partial charge is 0.407 e. The van der Waals surface area contributed by atoms with E-state index in [0.717, 1.165) is 22.3 Å². The molecule has 2 aliphatic rings. The summed E-state index contributed by atoms with van der Waals surface area (Å²) in [6, 6.07) is 15.5. The highest BCUT2D eigenvalue weighted by atomic mass is 16.6. The van der Waals surface area contributed by atoms with Gasteiger partial charge in [-0.15, -0.1) is 0 Å². The van der Waals surface area contributed by atoms with Gasteiger partial charge >= 0.3 is 12.1 Å². The molecular formula is C25H28N2O7. The molecule has 1 fully saturated rings. The molecule has 4 N–H and O–H groups in total. The number of aliphatic carboxylic acids is 1. The van der Waals surface area contributed by atoms with Crippen molar-refractivity contribution in [2.75, 3.05) is 19.8 Å². The number of hydrogen-bond acceptors (Lipinski definition) is 6. The fourth-order valence-corrected chi connectivity index (χ4v) is 4.55. The van der Waals surface area contributed by atoms with Gasteiger partial charge in [0.25, 0.3) is 5.91 Å². The summed E-state index contributed by atoms with van der Waals surface area (Å²) in [5, 5.41) is 24.1. The maximum atomic E-state index is 12.6. The van der Waals surface area contributed by atoms with E-state index in [1.54, 1.807) is 0 Å².